The van der Waals surface area contributed by atoms with E-state index in [0.717, 1.165) is 36.9 Å². The van der Waals surface area contributed by atoms with Crippen molar-refractivity contribution in [3.63, 3.8) is 0 Å². The maximum absolute atomic E-state index is 13.2. The minimum atomic E-state index is -0.560. The Labute approximate surface area is 176 Å². The Morgan fingerprint density at radius 2 is 2.03 bits per heavy atom. The predicted molar refractivity (Wildman–Crippen MR) is 111 cm³/mol. The van der Waals surface area contributed by atoms with E-state index in [1.54, 1.807) is 13.2 Å². The van der Waals surface area contributed by atoms with Crippen molar-refractivity contribution in [1.82, 2.24) is 19.9 Å². The summed E-state index contributed by atoms with van der Waals surface area (Å²) in [5.41, 5.74) is 1.36. The quantitative estimate of drug-likeness (QED) is 0.740. The van der Waals surface area contributed by atoms with Gasteiger partial charge in [0, 0.05) is 19.0 Å². The summed E-state index contributed by atoms with van der Waals surface area (Å²) in [5, 5.41) is 0. The number of ether oxygens (including phenoxy) is 3. The SMILES string of the molecule is COc1ccc2ncnc(CCN(C(=O)OC(C)(C)C)C34CCC(CC3)OC4)c2n1. The molecule has 5 rings (SSSR count). The molecule has 1 aliphatic carbocycles. The summed E-state index contributed by atoms with van der Waals surface area (Å²) in [6.45, 7) is 6.72. The van der Waals surface area contributed by atoms with Crippen LogP contribution in [0.25, 0.3) is 11.0 Å². The van der Waals surface area contributed by atoms with Gasteiger partial charge in [-0.1, -0.05) is 0 Å². The van der Waals surface area contributed by atoms with Gasteiger partial charge >= 0.3 is 6.09 Å². The molecule has 0 radical (unpaired) electrons. The highest BCUT2D eigenvalue weighted by Gasteiger charge is 2.48. The van der Waals surface area contributed by atoms with Crippen LogP contribution in [0, 0.1) is 0 Å². The van der Waals surface area contributed by atoms with Gasteiger partial charge in [0.25, 0.3) is 0 Å². The molecule has 0 spiro atoms. The van der Waals surface area contributed by atoms with Crippen molar-refractivity contribution in [3.8, 4) is 5.88 Å². The zero-order chi connectivity index (χ0) is 21.4. The molecular weight excluding hydrogens is 384 g/mol. The van der Waals surface area contributed by atoms with Crippen LogP contribution in [0.4, 0.5) is 4.79 Å². The van der Waals surface area contributed by atoms with Gasteiger partial charge in [0.1, 0.15) is 17.4 Å². The first-order valence-corrected chi connectivity index (χ1v) is 10.6. The molecule has 3 fully saturated rings. The highest BCUT2D eigenvalue weighted by atomic mass is 16.6. The molecule has 1 saturated carbocycles. The highest BCUT2D eigenvalue weighted by Crippen LogP contribution is 2.41. The summed E-state index contributed by atoms with van der Waals surface area (Å²) < 4.78 is 17.0. The summed E-state index contributed by atoms with van der Waals surface area (Å²) >= 11 is 0. The number of aromatic nitrogens is 3. The van der Waals surface area contributed by atoms with E-state index in [-0.39, 0.29) is 11.6 Å². The van der Waals surface area contributed by atoms with Gasteiger partial charge < -0.3 is 14.2 Å². The van der Waals surface area contributed by atoms with Crippen LogP contribution in [0.2, 0.25) is 0 Å². The number of rotatable bonds is 5. The molecule has 0 unspecified atom stereocenters. The number of hydrogen-bond donors (Lipinski definition) is 0. The van der Waals surface area contributed by atoms with Crippen molar-refractivity contribution < 1.29 is 19.0 Å². The van der Waals surface area contributed by atoms with Gasteiger partial charge in [-0.05, 0) is 52.5 Å². The standard InChI is InChI=1S/C22H30N4O4/c1-21(2,3)30-20(27)26(22-10-7-15(8-11-22)29-13-22)12-9-17-19-16(23-14-24-17)5-6-18(25-19)28-4/h5-6,14-15H,7-13H2,1-4H3. The van der Waals surface area contributed by atoms with E-state index in [9.17, 15) is 4.79 Å². The lowest BCUT2D eigenvalue weighted by atomic mass is 9.77. The van der Waals surface area contributed by atoms with Gasteiger partial charge in [0.05, 0.1) is 36.6 Å². The summed E-state index contributed by atoms with van der Waals surface area (Å²) in [5.74, 6) is 0.514. The molecule has 8 nitrogen and oxygen atoms in total. The molecule has 162 valence electrons. The molecule has 3 aliphatic rings. The molecule has 2 bridgehead atoms. The molecule has 1 amide bonds. The van der Waals surface area contributed by atoms with E-state index >= 15 is 0 Å². The molecule has 8 heteroatoms. The molecule has 2 saturated heterocycles. The van der Waals surface area contributed by atoms with Gasteiger partial charge in [-0.15, -0.1) is 0 Å². The summed E-state index contributed by atoms with van der Waals surface area (Å²) in [4.78, 5) is 28.4. The summed E-state index contributed by atoms with van der Waals surface area (Å²) in [6.07, 6.45) is 5.95. The third-order valence-electron chi connectivity index (χ3n) is 5.95. The molecular formula is C22H30N4O4. The third-order valence-corrected chi connectivity index (χ3v) is 5.95. The van der Waals surface area contributed by atoms with Crippen LogP contribution in [-0.4, -0.2) is 63.5 Å². The second kappa shape index (κ2) is 7.98. The van der Waals surface area contributed by atoms with Crippen molar-refractivity contribution in [2.45, 2.75) is 70.1 Å². The first-order chi connectivity index (χ1) is 14.3. The van der Waals surface area contributed by atoms with Crippen LogP contribution < -0.4 is 4.74 Å². The van der Waals surface area contributed by atoms with Crippen LogP contribution in [0.15, 0.2) is 18.5 Å². The maximum atomic E-state index is 13.2. The number of hydrogen-bond acceptors (Lipinski definition) is 7. The van der Waals surface area contributed by atoms with Crippen molar-refractivity contribution in [3.05, 3.63) is 24.2 Å². The molecule has 4 heterocycles. The second-order valence-corrected chi connectivity index (χ2v) is 9.16. The Balaban J connectivity index is 1.61. The van der Waals surface area contributed by atoms with Gasteiger partial charge in [0.15, 0.2) is 0 Å². The minimum absolute atomic E-state index is 0.296. The Hall–Kier alpha value is -2.48. The van der Waals surface area contributed by atoms with Gasteiger partial charge in [-0.2, -0.15) is 0 Å². The summed E-state index contributed by atoms with van der Waals surface area (Å²) in [7, 11) is 1.58. The summed E-state index contributed by atoms with van der Waals surface area (Å²) in [6, 6.07) is 3.65. The second-order valence-electron chi connectivity index (χ2n) is 9.16. The zero-order valence-corrected chi connectivity index (χ0v) is 18.2. The Morgan fingerprint density at radius 3 is 2.67 bits per heavy atom. The fourth-order valence-corrected chi connectivity index (χ4v) is 4.39. The van der Waals surface area contributed by atoms with E-state index in [0.29, 0.717) is 37.1 Å². The Kier molecular flexibility index (Phi) is 5.53. The van der Waals surface area contributed by atoms with Crippen LogP contribution in [0.5, 0.6) is 5.88 Å². The fraction of sp³-hybridized carbons (Fsp3) is 0.636. The van der Waals surface area contributed by atoms with Gasteiger partial charge in [0.2, 0.25) is 5.88 Å². The molecule has 0 aromatic carbocycles. The monoisotopic (exact) mass is 414 g/mol. The Bertz CT molecular complexity index is 905. The molecule has 2 aromatic rings. The molecule has 30 heavy (non-hydrogen) atoms. The van der Waals surface area contributed by atoms with E-state index < -0.39 is 5.60 Å². The zero-order valence-electron chi connectivity index (χ0n) is 18.2. The number of methoxy groups -OCH3 is 1. The third kappa shape index (κ3) is 4.19. The lowest BCUT2D eigenvalue weighted by Gasteiger charge is -2.52. The normalized spacial score (nSPS) is 23.4. The molecule has 0 atom stereocenters. The van der Waals surface area contributed by atoms with Crippen LogP contribution >= 0.6 is 0 Å². The van der Waals surface area contributed by atoms with E-state index in [1.807, 2.05) is 31.7 Å². The van der Waals surface area contributed by atoms with E-state index in [4.69, 9.17) is 14.2 Å². The maximum Gasteiger partial charge on any atom is 0.410 e. The van der Waals surface area contributed by atoms with E-state index in [1.165, 1.54) is 6.33 Å². The predicted octanol–water partition coefficient (Wildman–Crippen LogP) is 3.52. The lowest BCUT2D eigenvalue weighted by Crippen LogP contribution is -2.61. The smallest absolute Gasteiger partial charge is 0.410 e. The number of nitrogens with zero attached hydrogens (tertiary/aromatic N) is 4. The molecule has 2 aliphatic heterocycles. The minimum Gasteiger partial charge on any atom is -0.481 e. The van der Waals surface area contributed by atoms with Crippen molar-refractivity contribution in [1.29, 1.82) is 0 Å². The number of amides is 1. The van der Waals surface area contributed by atoms with Crippen LogP contribution in [0.1, 0.15) is 52.1 Å². The van der Waals surface area contributed by atoms with Gasteiger partial charge in [-0.3, -0.25) is 4.90 Å². The highest BCUT2D eigenvalue weighted by molar-refractivity contribution is 5.77. The topological polar surface area (TPSA) is 86.7 Å². The number of carbonyl (C=O) groups is 1. The largest absolute Gasteiger partial charge is 0.481 e. The van der Waals surface area contributed by atoms with Crippen molar-refractivity contribution >= 4 is 17.1 Å². The number of carbonyl (C=O) groups excluding carboxylic acids is 1. The average Bonchev–Trinajstić information content (AvgIpc) is 2.73. The molecule has 0 N–H and O–H groups in total. The van der Waals surface area contributed by atoms with E-state index in [2.05, 4.69) is 15.0 Å². The van der Waals surface area contributed by atoms with Crippen molar-refractivity contribution in [2.75, 3.05) is 20.3 Å². The molecule has 2 aromatic heterocycles. The number of pyridine rings is 1. The van der Waals surface area contributed by atoms with Crippen LogP contribution in [-0.2, 0) is 15.9 Å². The first-order valence-electron chi connectivity index (χ1n) is 10.6. The lowest BCUT2D eigenvalue weighted by molar-refractivity contribution is -0.132. The fourth-order valence-electron chi connectivity index (χ4n) is 4.39. The Morgan fingerprint density at radius 1 is 1.27 bits per heavy atom. The van der Waals surface area contributed by atoms with Crippen molar-refractivity contribution in [2.24, 2.45) is 0 Å². The van der Waals surface area contributed by atoms with Gasteiger partial charge in [-0.25, -0.2) is 19.7 Å². The number of fused-ring (bicyclic) bond motifs is 4. The first kappa shape index (κ1) is 20.8. The average molecular weight is 415 g/mol. The van der Waals surface area contributed by atoms with Crippen LogP contribution in [0.3, 0.4) is 0 Å².